The Balaban J connectivity index is 2.13. The zero-order chi connectivity index (χ0) is 13.7. The Morgan fingerprint density at radius 3 is 2.26 bits per heavy atom. The minimum atomic E-state index is 0.690. The second kappa shape index (κ2) is 6.65. The third-order valence-electron chi connectivity index (χ3n) is 3.81. The number of hydrogen-bond acceptors (Lipinski definition) is 0. The summed E-state index contributed by atoms with van der Waals surface area (Å²) < 4.78 is 0. The van der Waals surface area contributed by atoms with Crippen LogP contribution >= 0.6 is 0 Å². The molecule has 2 rings (SSSR count). The van der Waals surface area contributed by atoms with Crippen LogP contribution in [0.15, 0.2) is 24.3 Å². The van der Waals surface area contributed by atoms with Gasteiger partial charge in [0.2, 0.25) is 0 Å². The molecule has 2 aromatic rings. The molecule has 1 unspecified atom stereocenters. The van der Waals surface area contributed by atoms with E-state index in [4.69, 9.17) is 0 Å². The van der Waals surface area contributed by atoms with Gasteiger partial charge in [0.1, 0.15) is 0 Å². The number of rotatable bonds is 7. The molecule has 0 aliphatic rings. The van der Waals surface area contributed by atoms with Crippen molar-refractivity contribution in [1.82, 2.24) is 9.97 Å². The van der Waals surface area contributed by atoms with Crippen LogP contribution in [-0.2, 0) is 0 Å². The lowest BCUT2D eigenvalue weighted by atomic mass is 9.94. The molecular weight excluding hydrogens is 232 g/mol. The molecule has 1 atom stereocenters. The molecular formula is C17H26N2. The van der Waals surface area contributed by atoms with Gasteiger partial charge in [0, 0.05) is 11.4 Å². The first-order chi connectivity index (χ1) is 9.24. The van der Waals surface area contributed by atoms with Crippen molar-refractivity contribution in [2.75, 3.05) is 0 Å². The monoisotopic (exact) mass is 258 g/mol. The molecule has 2 aromatic heterocycles. The normalized spacial score (nSPS) is 12.8. The summed E-state index contributed by atoms with van der Waals surface area (Å²) in [4.78, 5) is 6.99. The molecule has 104 valence electrons. The molecule has 0 amide bonds. The van der Waals surface area contributed by atoms with Crippen molar-refractivity contribution in [3.05, 3.63) is 35.7 Å². The van der Waals surface area contributed by atoms with Crippen LogP contribution in [0.5, 0.6) is 0 Å². The molecule has 19 heavy (non-hydrogen) atoms. The second-order valence-electron chi connectivity index (χ2n) is 5.51. The van der Waals surface area contributed by atoms with Crippen molar-refractivity contribution < 1.29 is 0 Å². The van der Waals surface area contributed by atoms with E-state index in [1.54, 1.807) is 0 Å². The van der Waals surface area contributed by atoms with Crippen LogP contribution in [0.4, 0.5) is 0 Å². The maximum absolute atomic E-state index is 3.61. The zero-order valence-corrected chi connectivity index (χ0v) is 12.4. The summed E-state index contributed by atoms with van der Waals surface area (Å²) in [7, 11) is 0. The summed E-state index contributed by atoms with van der Waals surface area (Å²) in [5.74, 6) is 0.690. The molecule has 2 nitrogen and oxygen atoms in total. The van der Waals surface area contributed by atoms with E-state index in [0.29, 0.717) is 5.92 Å². The van der Waals surface area contributed by atoms with Gasteiger partial charge in [-0.25, -0.2) is 0 Å². The van der Waals surface area contributed by atoms with E-state index >= 15 is 0 Å². The summed E-state index contributed by atoms with van der Waals surface area (Å²) in [5.41, 5.74) is 5.01. The van der Waals surface area contributed by atoms with Crippen LogP contribution in [0, 0.1) is 6.92 Å². The predicted molar refractivity (Wildman–Crippen MR) is 82.5 cm³/mol. The molecule has 0 bridgehead atoms. The lowest BCUT2D eigenvalue weighted by Crippen LogP contribution is -1.99. The quantitative estimate of drug-likeness (QED) is 0.667. The first kappa shape index (κ1) is 14.0. The van der Waals surface area contributed by atoms with Gasteiger partial charge in [-0.05, 0) is 49.9 Å². The smallest absolute Gasteiger partial charge is 0.0621 e. The van der Waals surface area contributed by atoms with Crippen molar-refractivity contribution in [2.45, 2.75) is 58.8 Å². The van der Waals surface area contributed by atoms with Crippen LogP contribution in [0.25, 0.3) is 11.4 Å². The second-order valence-corrected chi connectivity index (χ2v) is 5.51. The molecule has 0 aromatic carbocycles. The Labute approximate surface area is 116 Å². The topological polar surface area (TPSA) is 31.6 Å². The predicted octanol–water partition coefficient (Wildman–Crippen LogP) is 5.39. The third-order valence-corrected chi connectivity index (χ3v) is 3.81. The molecule has 2 heterocycles. The van der Waals surface area contributed by atoms with E-state index in [1.807, 2.05) is 0 Å². The fraction of sp³-hybridized carbons (Fsp3) is 0.529. The van der Waals surface area contributed by atoms with E-state index < -0.39 is 0 Å². The molecule has 2 heteroatoms. The minimum Gasteiger partial charge on any atom is -0.357 e. The van der Waals surface area contributed by atoms with Crippen molar-refractivity contribution in [3.63, 3.8) is 0 Å². The number of nitrogens with one attached hydrogen (secondary N) is 2. The SMILES string of the molecule is CCCCC(CCC)c1ccc(-c2ccc(C)[nH]2)[nH]1. The molecule has 0 radical (unpaired) electrons. The van der Waals surface area contributed by atoms with E-state index in [0.717, 1.165) is 0 Å². The lowest BCUT2D eigenvalue weighted by Gasteiger charge is -2.14. The van der Waals surface area contributed by atoms with Crippen LogP contribution in [-0.4, -0.2) is 9.97 Å². The van der Waals surface area contributed by atoms with Gasteiger partial charge in [0.25, 0.3) is 0 Å². The van der Waals surface area contributed by atoms with E-state index in [-0.39, 0.29) is 0 Å². The van der Waals surface area contributed by atoms with Crippen LogP contribution in [0.3, 0.4) is 0 Å². The Hall–Kier alpha value is -1.44. The molecule has 0 aliphatic carbocycles. The van der Waals surface area contributed by atoms with Gasteiger partial charge in [-0.3, -0.25) is 0 Å². The number of aromatic nitrogens is 2. The van der Waals surface area contributed by atoms with Crippen LogP contribution < -0.4 is 0 Å². The Bertz CT molecular complexity index is 493. The highest BCUT2D eigenvalue weighted by molar-refractivity contribution is 5.56. The first-order valence-electron chi connectivity index (χ1n) is 7.59. The van der Waals surface area contributed by atoms with Gasteiger partial charge in [0.05, 0.1) is 11.4 Å². The van der Waals surface area contributed by atoms with Crippen molar-refractivity contribution in [3.8, 4) is 11.4 Å². The van der Waals surface area contributed by atoms with Gasteiger partial charge < -0.3 is 9.97 Å². The largest absolute Gasteiger partial charge is 0.357 e. The molecule has 0 fully saturated rings. The highest BCUT2D eigenvalue weighted by atomic mass is 14.8. The molecule has 0 spiro atoms. The average molecular weight is 258 g/mol. The number of hydrogen-bond donors (Lipinski definition) is 2. The Kier molecular flexibility index (Phi) is 4.89. The van der Waals surface area contributed by atoms with Gasteiger partial charge in [0.15, 0.2) is 0 Å². The molecule has 2 N–H and O–H groups in total. The number of H-pyrrole nitrogens is 2. The Morgan fingerprint density at radius 1 is 0.895 bits per heavy atom. The van der Waals surface area contributed by atoms with Crippen LogP contribution in [0.1, 0.15) is 63.3 Å². The number of aromatic amines is 2. The molecule has 0 aliphatic heterocycles. The van der Waals surface area contributed by atoms with Gasteiger partial charge in [-0.2, -0.15) is 0 Å². The van der Waals surface area contributed by atoms with Gasteiger partial charge in [-0.1, -0.05) is 33.1 Å². The zero-order valence-electron chi connectivity index (χ0n) is 12.4. The summed E-state index contributed by atoms with van der Waals surface area (Å²) >= 11 is 0. The van der Waals surface area contributed by atoms with Crippen molar-refractivity contribution in [1.29, 1.82) is 0 Å². The maximum atomic E-state index is 3.61. The van der Waals surface area contributed by atoms with Gasteiger partial charge in [-0.15, -0.1) is 0 Å². The highest BCUT2D eigenvalue weighted by Gasteiger charge is 2.13. The molecule has 0 saturated heterocycles. The summed E-state index contributed by atoms with van der Waals surface area (Å²) in [5, 5.41) is 0. The third kappa shape index (κ3) is 3.52. The van der Waals surface area contributed by atoms with Gasteiger partial charge >= 0.3 is 0 Å². The fourth-order valence-electron chi connectivity index (χ4n) is 2.72. The summed E-state index contributed by atoms with van der Waals surface area (Å²) in [6, 6.07) is 8.74. The lowest BCUT2D eigenvalue weighted by molar-refractivity contribution is 0.532. The maximum Gasteiger partial charge on any atom is 0.0621 e. The van der Waals surface area contributed by atoms with E-state index in [1.165, 1.54) is 54.9 Å². The highest BCUT2D eigenvalue weighted by Crippen LogP contribution is 2.28. The number of aryl methyl sites for hydroxylation is 1. The Morgan fingerprint density at radius 2 is 1.63 bits per heavy atom. The molecule has 0 saturated carbocycles. The van der Waals surface area contributed by atoms with E-state index in [9.17, 15) is 0 Å². The summed E-state index contributed by atoms with van der Waals surface area (Å²) in [6.45, 7) is 6.64. The van der Waals surface area contributed by atoms with E-state index in [2.05, 4.69) is 55.0 Å². The summed E-state index contributed by atoms with van der Waals surface area (Å²) in [6.07, 6.45) is 6.44. The standard InChI is InChI=1S/C17H26N2/c1-4-6-8-14(7-5-2)15-11-12-17(19-15)16-10-9-13(3)18-16/h9-12,14,18-19H,4-8H2,1-3H3. The number of unbranched alkanes of at least 4 members (excludes halogenated alkanes) is 1. The first-order valence-corrected chi connectivity index (χ1v) is 7.59. The van der Waals surface area contributed by atoms with Crippen LogP contribution in [0.2, 0.25) is 0 Å². The fourth-order valence-corrected chi connectivity index (χ4v) is 2.72. The average Bonchev–Trinajstić information content (AvgIpc) is 3.03. The minimum absolute atomic E-state index is 0.690. The van der Waals surface area contributed by atoms with Crippen molar-refractivity contribution >= 4 is 0 Å². The van der Waals surface area contributed by atoms with Crippen molar-refractivity contribution in [2.24, 2.45) is 0 Å².